The summed E-state index contributed by atoms with van der Waals surface area (Å²) in [6, 6.07) is 15.7. The van der Waals surface area contributed by atoms with Gasteiger partial charge >= 0.3 is 0 Å². The number of carbonyl (C=O) groups excluding carboxylic acids is 1. The number of aromatic nitrogens is 1. The Balaban J connectivity index is 1.72. The number of H-pyrrole nitrogens is 1. The molecule has 0 saturated carbocycles. The monoisotopic (exact) mass is 355 g/mol. The first-order valence-corrected chi connectivity index (χ1v) is 8.68. The lowest BCUT2D eigenvalue weighted by Gasteiger charge is -2.10. The number of amides is 1. The van der Waals surface area contributed by atoms with Gasteiger partial charge in [0.1, 0.15) is 0 Å². The topological polar surface area (TPSA) is 48.1 Å². The van der Waals surface area contributed by atoms with Gasteiger partial charge in [0.25, 0.3) is 5.91 Å². The van der Waals surface area contributed by atoms with Crippen molar-refractivity contribution in [2.75, 3.05) is 27.2 Å². The van der Waals surface area contributed by atoms with E-state index in [-0.39, 0.29) is 5.91 Å². The predicted octanol–water partition coefficient (Wildman–Crippen LogP) is 3.70. The number of benzene rings is 2. The SMILES string of the molecule is CN(C)CCNC(=O)c1ccc2cc(Cc3ccc(Cl)cc3)[nH]c2c1. The van der Waals surface area contributed by atoms with Gasteiger partial charge in [0.15, 0.2) is 0 Å². The summed E-state index contributed by atoms with van der Waals surface area (Å²) in [4.78, 5) is 17.7. The number of likely N-dealkylation sites (N-methyl/N-ethyl adjacent to an activating group) is 1. The molecule has 0 atom stereocenters. The third-order valence-electron chi connectivity index (χ3n) is 4.09. The van der Waals surface area contributed by atoms with E-state index in [1.54, 1.807) is 0 Å². The van der Waals surface area contributed by atoms with Gasteiger partial charge in [0, 0.05) is 41.3 Å². The van der Waals surface area contributed by atoms with Gasteiger partial charge in [-0.25, -0.2) is 0 Å². The summed E-state index contributed by atoms with van der Waals surface area (Å²) in [5, 5.41) is 4.79. The zero-order valence-corrected chi connectivity index (χ0v) is 15.2. The van der Waals surface area contributed by atoms with Crippen LogP contribution in [0, 0.1) is 0 Å². The highest BCUT2D eigenvalue weighted by Crippen LogP contribution is 2.20. The van der Waals surface area contributed by atoms with Crippen molar-refractivity contribution in [1.82, 2.24) is 15.2 Å². The quantitative estimate of drug-likeness (QED) is 0.708. The molecule has 0 spiro atoms. The molecule has 0 fully saturated rings. The zero-order valence-electron chi connectivity index (χ0n) is 14.5. The summed E-state index contributed by atoms with van der Waals surface area (Å²) >= 11 is 5.93. The second-order valence-corrected chi connectivity index (χ2v) is 6.90. The number of hydrogen-bond donors (Lipinski definition) is 2. The van der Waals surface area contributed by atoms with Crippen molar-refractivity contribution in [3.8, 4) is 0 Å². The van der Waals surface area contributed by atoms with Crippen LogP contribution < -0.4 is 5.32 Å². The second-order valence-electron chi connectivity index (χ2n) is 6.46. The Morgan fingerprint density at radius 2 is 1.88 bits per heavy atom. The van der Waals surface area contributed by atoms with Gasteiger partial charge < -0.3 is 15.2 Å². The van der Waals surface area contributed by atoms with Crippen molar-refractivity contribution in [1.29, 1.82) is 0 Å². The predicted molar refractivity (Wildman–Crippen MR) is 103 cm³/mol. The Hall–Kier alpha value is -2.30. The maximum atomic E-state index is 12.2. The van der Waals surface area contributed by atoms with E-state index < -0.39 is 0 Å². The van der Waals surface area contributed by atoms with E-state index in [0.29, 0.717) is 12.1 Å². The molecule has 25 heavy (non-hydrogen) atoms. The number of halogens is 1. The second kappa shape index (κ2) is 7.72. The Morgan fingerprint density at radius 1 is 1.12 bits per heavy atom. The Labute approximate surface area is 152 Å². The van der Waals surface area contributed by atoms with Crippen LogP contribution in [0.1, 0.15) is 21.6 Å². The van der Waals surface area contributed by atoms with E-state index in [0.717, 1.165) is 34.6 Å². The van der Waals surface area contributed by atoms with E-state index in [2.05, 4.69) is 16.4 Å². The highest BCUT2D eigenvalue weighted by molar-refractivity contribution is 6.30. The van der Waals surface area contributed by atoms with Crippen LogP contribution in [0.5, 0.6) is 0 Å². The molecule has 1 aromatic heterocycles. The molecule has 0 radical (unpaired) electrons. The normalized spacial score (nSPS) is 11.2. The molecule has 0 bridgehead atoms. The van der Waals surface area contributed by atoms with Gasteiger partial charge in [0.2, 0.25) is 0 Å². The maximum Gasteiger partial charge on any atom is 0.251 e. The van der Waals surface area contributed by atoms with Crippen molar-refractivity contribution in [2.45, 2.75) is 6.42 Å². The van der Waals surface area contributed by atoms with Crippen molar-refractivity contribution < 1.29 is 4.79 Å². The standard InChI is InChI=1S/C20H22ClN3O/c1-24(2)10-9-22-20(25)16-6-5-15-12-18(23-19(15)13-16)11-14-3-7-17(21)8-4-14/h3-8,12-13,23H,9-11H2,1-2H3,(H,22,25). The van der Waals surface area contributed by atoms with E-state index in [1.165, 1.54) is 5.56 Å². The van der Waals surface area contributed by atoms with Gasteiger partial charge in [-0.3, -0.25) is 4.79 Å². The van der Waals surface area contributed by atoms with Gasteiger partial charge in [-0.2, -0.15) is 0 Å². The Bertz CT molecular complexity index is 868. The van der Waals surface area contributed by atoms with E-state index in [1.807, 2.05) is 61.5 Å². The molecule has 2 N–H and O–H groups in total. The van der Waals surface area contributed by atoms with Crippen molar-refractivity contribution in [3.63, 3.8) is 0 Å². The van der Waals surface area contributed by atoms with Crippen LogP contribution in [0.25, 0.3) is 10.9 Å². The molecule has 0 aliphatic rings. The first kappa shape index (κ1) is 17.5. The lowest BCUT2D eigenvalue weighted by Crippen LogP contribution is -2.31. The van der Waals surface area contributed by atoms with E-state index in [4.69, 9.17) is 11.6 Å². The number of nitrogens with zero attached hydrogens (tertiary/aromatic N) is 1. The minimum atomic E-state index is -0.0439. The minimum absolute atomic E-state index is 0.0439. The van der Waals surface area contributed by atoms with Crippen molar-refractivity contribution in [3.05, 3.63) is 70.4 Å². The first-order valence-electron chi connectivity index (χ1n) is 8.30. The molecule has 4 nitrogen and oxygen atoms in total. The van der Waals surface area contributed by atoms with Gasteiger partial charge in [-0.1, -0.05) is 29.8 Å². The Morgan fingerprint density at radius 3 is 2.60 bits per heavy atom. The molecule has 2 aromatic carbocycles. The number of hydrogen-bond acceptors (Lipinski definition) is 2. The van der Waals surface area contributed by atoms with E-state index >= 15 is 0 Å². The maximum absolute atomic E-state index is 12.2. The van der Waals surface area contributed by atoms with Gasteiger partial charge in [0.05, 0.1) is 0 Å². The molecule has 0 aliphatic heterocycles. The minimum Gasteiger partial charge on any atom is -0.358 e. The first-order chi connectivity index (χ1) is 12.0. The molecular formula is C20H22ClN3O. The molecular weight excluding hydrogens is 334 g/mol. The molecule has 5 heteroatoms. The van der Waals surface area contributed by atoms with Crippen LogP contribution in [0.3, 0.4) is 0 Å². The van der Waals surface area contributed by atoms with Gasteiger partial charge in [-0.15, -0.1) is 0 Å². The summed E-state index contributed by atoms with van der Waals surface area (Å²) in [5.41, 5.74) is 3.95. The molecule has 130 valence electrons. The summed E-state index contributed by atoms with van der Waals surface area (Å²) in [5.74, 6) is -0.0439. The van der Waals surface area contributed by atoms with Crippen LogP contribution in [0.2, 0.25) is 5.02 Å². The highest BCUT2D eigenvalue weighted by Gasteiger charge is 2.08. The smallest absolute Gasteiger partial charge is 0.251 e. The van der Waals surface area contributed by atoms with Crippen molar-refractivity contribution >= 4 is 28.4 Å². The molecule has 0 saturated heterocycles. The fourth-order valence-electron chi connectivity index (χ4n) is 2.74. The fourth-order valence-corrected chi connectivity index (χ4v) is 2.87. The molecule has 3 aromatic rings. The van der Waals surface area contributed by atoms with Crippen LogP contribution in [-0.2, 0) is 6.42 Å². The molecule has 3 rings (SSSR count). The van der Waals surface area contributed by atoms with Crippen LogP contribution in [0.15, 0.2) is 48.5 Å². The van der Waals surface area contributed by atoms with Crippen molar-refractivity contribution in [2.24, 2.45) is 0 Å². The average molecular weight is 356 g/mol. The number of aromatic amines is 1. The third kappa shape index (κ3) is 4.62. The Kier molecular flexibility index (Phi) is 5.41. The number of fused-ring (bicyclic) bond motifs is 1. The summed E-state index contributed by atoms with van der Waals surface area (Å²) in [7, 11) is 3.97. The zero-order chi connectivity index (χ0) is 17.8. The lowest BCUT2D eigenvalue weighted by atomic mass is 10.1. The van der Waals surface area contributed by atoms with Gasteiger partial charge in [-0.05, 0) is 55.4 Å². The number of rotatable bonds is 6. The highest BCUT2D eigenvalue weighted by atomic mass is 35.5. The average Bonchev–Trinajstić information content (AvgIpc) is 2.98. The van der Waals surface area contributed by atoms with Crippen LogP contribution in [0.4, 0.5) is 0 Å². The lowest BCUT2D eigenvalue weighted by molar-refractivity contribution is 0.0951. The molecule has 0 unspecified atom stereocenters. The van der Waals surface area contributed by atoms with E-state index in [9.17, 15) is 4.79 Å². The number of carbonyl (C=O) groups is 1. The third-order valence-corrected chi connectivity index (χ3v) is 4.34. The molecule has 0 aliphatic carbocycles. The largest absolute Gasteiger partial charge is 0.358 e. The summed E-state index contributed by atoms with van der Waals surface area (Å²) < 4.78 is 0. The summed E-state index contributed by atoms with van der Waals surface area (Å²) in [6.07, 6.45) is 0.802. The number of nitrogens with one attached hydrogen (secondary N) is 2. The molecule has 1 heterocycles. The van der Waals surface area contributed by atoms with Crippen LogP contribution >= 0.6 is 11.6 Å². The van der Waals surface area contributed by atoms with Crippen LogP contribution in [-0.4, -0.2) is 43.0 Å². The molecule has 1 amide bonds. The summed E-state index contributed by atoms with van der Waals surface area (Å²) in [6.45, 7) is 1.46. The fraction of sp³-hybridized carbons (Fsp3) is 0.250.